The first-order valence-electron chi connectivity index (χ1n) is 11.6. The molecule has 0 bridgehead atoms. The summed E-state index contributed by atoms with van der Waals surface area (Å²) in [5.74, 6) is 0.876. The van der Waals surface area contributed by atoms with Crippen molar-refractivity contribution in [2.24, 2.45) is 10.1 Å². The molecule has 1 aliphatic rings. The molecule has 0 N–H and O–H groups in total. The molecule has 0 spiro atoms. The van der Waals surface area contributed by atoms with Gasteiger partial charge in [-0.2, -0.15) is 5.10 Å². The molecule has 4 aromatic rings. The van der Waals surface area contributed by atoms with Crippen LogP contribution in [-0.4, -0.2) is 19.0 Å². The lowest BCUT2D eigenvalue weighted by molar-refractivity contribution is 0.405. The van der Waals surface area contributed by atoms with Gasteiger partial charge in [-0.1, -0.05) is 76.1 Å². The fourth-order valence-corrected chi connectivity index (χ4v) is 4.51. The number of methoxy groups -OCH3 is 1. The Morgan fingerprint density at radius 3 is 2.34 bits per heavy atom. The number of ether oxygens (including phenoxy) is 1. The number of nitrogens with zero attached hydrogens (tertiary/aromatic N) is 3. The van der Waals surface area contributed by atoms with Crippen molar-refractivity contribution in [2.45, 2.75) is 19.4 Å². The van der Waals surface area contributed by atoms with Crippen LogP contribution in [0.2, 0.25) is 0 Å². The quantitative estimate of drug-likeness (QED) is 0.241. The Hall–Kier alpha value is -3.70. The van der Waals surface area contributed by atoms with Gasteiger partial charge in [0.25, 0.3) is 0 Å². The second-order valence-electron chi connectivity index (χ2n) is 8.55. The summed E-state index contributed by atoms with van der Waals surface area (Å²) in [5.41, 5.74) is 7.57. The van der Waals surface area contributed by atoms with E-state index < -0.39 is 0 Å². The zero-order chi connectivity index (χ0) is 24.2. The molecule has 0 amide bonds. The summed E-state index contributed by atoms with van der Waals surface area (Å²) in [6.45, 7) is 2.10. The minimum atomic E-state index is 0.0461. The molecule has 5 rings (SSSR count). The average Bonchev–Trinajstić information content (AvgIpc) is 3.34. The molecule has 0 radical (unpaired) electrons. The highest BCUT2D eigenvalue weighted by Gasteiger charge is 2.31. The Morgan fingerprint density at radius 2 is 1.63 bits per heavy atom. The Morgan fingerprint density at radius 1 is 0.914 bits per heavy atom. The van der Waals surface area contributed by atoms with Crippen molar-refractivity contribution in [3.63, 3.8) is 0 Å². The molecular weight excluding hydrogens is 498 g/mol. The highest BCUT2D eigenvalue weighted by atomic mass is 79.9. The molecule has 0 fully saturated rings. The molecule has 1 aliphatic heterocycles. The van der Waals surface area contributed by atoms with Crippen LogP contribution in [0.1, 0.15) is 34.7 Å². The van der Waals surface area contributed by atoms with E-state index in [0.717, 1.165) is 50.4 Å². The molecule has 4 nitrogen and oxygen atoms in total. The van der Waals surface area contributed by atoms with Crippen LogP contribution in [0.25, 0.3) is 0 Å². The molecule has 0 saturated carbocycles. The van der Waals surface area contributed by atoms with Crippen LogP contribution < -0.4 is 9.75 Å². The summed E-state index contributed by atoms with van der Waals surface area (Å²) < 4.78 is 6.74. The van der Waals surface area contributed by atoms with Gasteiger partial charge >= 0.3 is 0 Å². The smallest absolute Gasteiger partial charge is 0.124 e. The Bertz CT molecular complexity index is 1360. The first-order chi connectivity index (χ1) is 17.1. The van der Waals surface area contributed by atoms with Crippen molar-refractivity contribution in [3.05, 3.63) is 124 Å². The Labute approximate surface area is 214 Å². The summed E-state index contributed by atoms with van der Waals surface area (Å²) in [7, 11) is 1.72. The van der Waals surface area contributed by atoms with Gasteiger partial charge in [0.15, 0.2) is 0 Å². The number of anilines is 1. The van der Waals surface area contributed by atoms with Gasteiger partial charge in [-0.25, -0.2) is 0 Å². The van der Waals surface area contributed by atoms with Gasteiger partial charge in [-0.05, 0) is 60.5 Å². The number of aryl methyl sites for hydroxylation is 1. The lowest BCUT2D eigenvalue weighted by atomic mass is 9.97. The molecule has 0 saturated heterocycles. The van der Waals surface area contributed by atoms with Crippen molar-refractivity contribution < 1.29 is 4.74 Å². The predicted octanol–water partition coefficient (Wildman–Crippen LogP) is 7.87. The minimum Gasteiger partial charge on any atom is -0.496 e. The van der Waals surface area contributed by atoms with Crippen LogP contribution in [0.15, 0.2) is 112 Å². The fraction of sp³-hybridized carbons (Fsp3) is 0.133. The van der Waals surface area contributed by atoms with E-state index in [1.807, 2.05) is 42.6 Å². The monoisotopic (exact) mass is 523 g/mol. The van der Waals surface area contributed by atoms with E-state index in [2.05, 4.69) is 93.5 Å². The van der Waals surface area contributed by atoms with Crippen molar-refractivity contribution in [3.8, 4) is 5.75 Å². The van der Waals surface area contributed by atoms with Gasteiger partial charge in [0, 0.05) is 22.7 Å². The average molecular weight is 524 g/mol. The van der Waals surface area contributed by atoms with E-state index in [1.165, 1.54) is 5.56 Å². The molecule has 1 heterocycles. The fourth-order valence-electron chi connectivity index (χ4n) is 4.24. The van der Waals surface area contributed by atoms with Crippen LogP contribution >= 0.6 is 15.9 Å². The van der Waals surface area contributed by atoms with Gasteiger partial charge < -0.3 is 4.74 Å². The van der Waals surface area contributed by atoms with E-state index in [9.17, 15) is 0 Å². The van der Waals surface area contributed by atoms with Gasteiger partial charge in [0.05, 0.1) is 30.2 Å². The Balaban J connectivity index is 1.46. The third-order valence-electron chi connectivity index (χ3n) is 6.14. The zero-order valence-electron chi connectivity index (χ0n) is 19.7. The van der Waals surface area contributed by atoms with Crippen molar-refractivity contribution in [1.29, 1.82) is 0 Å². The molecule has 4 aromatic carbocycles. The lowest BCUT2D eigenvalue weighted by Crippen LogP contribution is -2.19. The predicted molar refractivity (Wildman–Crippen MR) is 148 cm³/mol. The second-order valence-corrected chi connectivity index (χ2v) is 9.46. The zero-order valence-corrected chi connectivity index (χ0v) is 21.3. The van der Waals surface area contributed by atoms with Crippen molar-refractivity contribution in [1.82, 2.24) is 0 Å². The number of hydrazone groups is 1. The van der Waals surface area contributed by atoms with E-state index in [1.54, 1.807) is 7.11 Å². The third kappa shape index (κ3) is 5.20. The number of aliphatic imine (C=N–C) groups is 1. The molecule has 0 aromatic heterocycles. The Kier molecular flexibility index (Phi) is 6.77. The maximum atomic E-state index is 5.70. The van der Waals surface area contributed by atoms with E-state index in [4.69, 9.17) is 9.84 Å². The van der Waals surface area contributed by atoms with Crippen LogP contribution in [0, 0.1) is 6.92 Å². The van der Waals surface area contributed by atoms with Crippen molar-refractivity contribution >= 4 is 39.2 Å². The summed E-state index contributed by atoms with van der Waals surface area (Å²) in [5, 5.41) is 7.19. The summed E-state index contributed by atoms with van der Waals surface area (Å²) in [6.07, 6.45) is 2.69. The van der Waals surface area contributed by atoms with Crippen LogP contribution in [-0.2, 0) is 0 Å². The molecular formula is C30H26BrN3O. The van der Waals surface area contributed by atoms with E-state index >= 15 is 0 Å². The number of rotatable bonds is 6. The number of benzene rings is 4. The van der Waals surface area contributed by atoms with Crippen molar-refractivity contribution in [2.75, 3.05) is 12.1 Å². The number of para-hydroxylation sites is 1. The van der Waals surface area contributed by atoms with E-state index in [-0.39, 0.29) is 6.04 Å². The first-order valence-corrected chi connectivity index (χ1v) is 12.4. The van der Waals surface area contributed by atoms with Gasteiger partial charge in [-0.3, -0.25) is 10.0 Å². The maximum Gasteiger partial charge on any atom is 0.124 e. The van der Waals surface area contributed by atoms with Gasteiger partial charge in [0.1, 0.15) is 5.75 Å². The SMILES string of the molecule is COc1ccccc1C1CC(c2ccc(C)cc2)=NN1c1ccc(C=Nc2ccc(Br)cc2)cc1. The normalized spacial score (nSPS) is 15.5. The maximum absolute atomic E-state index is 5.70. The van der Waals surface area contributed by atoms with E-state index in [0.29, 0.717) is 0 Å². The summed E-state index contributed by atoms with van der Waals surface area (Å²) in [6, 6.07) is 33.1. The van der Waals surface area contributed by atoms with Gasteiger partial charge in [-0.15, -0.1) is 0 Å². The first kappa shape index (κ1) is 23.1. The number of hydrogen-bond donors (Lipinski definition) is 0. The summed E-state index contributed by atoms with van der Waals surface area (Å²) in [4.78, 5) is 4.59. The molecule has 1 unspecified atom stereocenters. The number of halogens is 1. The van der Waals surface area contributed by atoms with Crippen LogP contribution in [0.3, 0.4) is 0 Å². The standard InChI is InChI=1S/C30H26BrN3O/c1-21-7-11-23(12-8-21)28-19-29(27-5-3-4-6-30(27)35-2)34(33-28)26-17-9-22(10-18-26)20-32-25-15-13-24(31)14-16-25/h3-18,20,29H,19H2,1-2H3. The van der Waals surface area contributed by atoms with Gasteiger partial charge in [0.2, 0.25) is 0 Å². The third-order valence-corrected chi connectivity index (χ3v) is 6.67. The minimum absolute atomic E-state index is 0.0461. The second kappa shape index (κ2) is 10.3. The molecule has 174 valence electrons. The number of hydrogen-bond acceptors (Lipinski definition) is 4. The highest BCUT2D eigenvalue weighted by molar-refractivity contribution is 9.10. The van der Waals surface area contributed by atoms with Crippen LogP contribution in [0.4, 0.5) is 11.4 Å². The summed E-state index contributed by atoms with van der Waals surface area (Å²) >= 11 is 3.46. The molecule has 0 aliphatic carbocycles. The lowest BCUT2D eigenvalue weighted by Gasteiger charge is -2.25. The van der Waals surface area contributed by atoms with Crippen LogP contribution in [0.5, 0.6) is 5.75 Å². The molecule has 5 heteroatoms. The largest absolute Gasteiger partial charge is 0.496 e. The topological polar surface area (TPSA) is 37.2 Å². The highest BCUT2D eigenvalue weighted by Crippen LogP contribution is 2.40. The molecule has 1 atom stereocenters. The molecule has 35 heavy (non-hydrogen) atoms.